The van der Waals surface area contributed by atoms with Crippen LogP contribution < -0.4 is 10.1 Å². The van der Waals surface area contributed by atoms with Crippen LogP contribution >= 0.6 is 0 Å². The molecule has 2 rings (SSSR count). The van der Waals surface area contributed by atoms with Crippen molar-refractivity contribution in [1.82, 2.24) is 15.2 Å². The maximum Gasteiger partial charge on any atom is 0.213 e. The minimum atomic E-state index is 0.342. The Bertz CT molecular complexity index is 406. The summed E-state index contributed by atoms with van der Waals surface area (Å²) in [6.45, 7) is 7.07. The number of nitrogens with one attached hydrogen (secondary N) is 1. The van der Waals surface area contributed by atoms with Crippen molar-refractivity contribution < 1.29 is 4.74 Å². The Labute approximate surface area is 122 Å². The van der Waals surface area contributed by atoms with Gasteiger partial charge in [0, 0.05) is 30.9 Å². The molecule has 1 aromatic heterocycles. The predicted octanol–water partition coefficient (Wildman–Crippen LogP) is 2.62. The summed E-state index contributed by atoms with van der Waals surface area (Å²) in [6, 6.07) is 5.23. The molecule has 0 amide bonds. The van der Waals surface area contributed by atoms with Crippen molar-refractivity contribution in [2.75, 3.05) is 26.7 Å². The molecule has 20 heavy (non-hydrogen) atoms. The van der Waals surface area contributed by atoms with Crippen molar-refractivity contribution in [3.63, 3.8) is 0 Å². The second-order valence-corrected chi connectivity index (χ2v) is 5.66. The van der Waals surface area contributed by atoms with E-state index in [1.54, 1.807) is 0 Å². The fourth-order valence-electron chi connectivity index (χ4n) is 2.24. The van der Waals surface area contributed by atoms with Gasteiger partial charge in [-0.25, -0.2) is 4.98 Å². The average Bonchev–Trinajstić information content (AvgIpc) is 3.29. The normalized spacial score (nSPS) is 16.4. The van der Waals surface area contributed by atoms with E-state index in [9.17, 15) is 0 Å². The zero-order valence-corrected chi connectivity index (χ0v) is 12.9. The first kappa shape index (κ1) is 15.3. The SMILES string of the molecule is CCCNC(C)c1ccnc(OCCN(C)C2CC2)c1. The van der Waals surface area contributed by atoms with Crippen molar-refractivity contribution >= 4 is 0 Å². The van der Waals surface area contributed by atoms with Crippen LogP contribution in [-0.2, 0) is 0 Å². The molecule has 1 atom stereocenters. The van der Waals surface area contributed by atoms with E-state index >= 15 is 0 Å². The Hall–Kier alpha value is -1.13. The Morgan fingerprint density at radius 2 is 2.30 bits per heavy atom. The van der Waals surface area contributed by atoms with Gasteiger partial charge in [0.25, 0.3) is 0 Å². The van der Waals surface area contributed by atoms with Crippen LogP contribution in [0.1, 0.15) is 44.7 Å². The van der Waals surface area contributed by atoms with Gasteiger partial charge in [0.15, 0.2) is 0 Å². The first-order valence-electron chi connectivity index (χ1n) is 7.73. The molecule has 1 aliphatic rings. The molecule has 1 N–H and O–H groups in total. The molecule has 1 aromatic rings. The van der Waals surface area contributed by atoms with Gasteiger partial charge in [0.1, 0.15) is 6.61 Å². The molecule has 0 aliphatic heterocycles. The molecule has 1 heterocycles. The topological polar surface area (TPSA) is 37.4 Å². The summed E-state index contributed by atoms with van der Waals surface area (Å²) < 4.78 is 5.77. The quantitative estimate of drug-likeness (QED) is 0.753. The number of rotatable bonds is 9. The molecule has 0 radical (unpaired) electrons. The van der Waals surface area contributed by atoms with Gasteiger partial charge in [-0.05, 0) is 51.4 Å². The lowest BCUT2D eigenvalue weighted by Crippen LogP contribution is -2.26. The second-order valence-electron chi connectivity index (χ2n) is 5.66. The number of hydrogen-bond donors (Lipinski definition) is 1. The minimum Gasteiger partial charge on any atom is -0.476 e. The van der Waals surface area contributed by atoms with E-state index in [0.29, 0.717) is 12.6 Å². The first-order valence-corrected chi connectivity index (χ1v) is 7.73. The second kappa shape index (κ2) is 7.60. The molecular weight excluding hydrogens is 250 g/mol. The zero-order valence-electron chi connectivity index (χ0n) is 12.9. The number of nitrogens with zero attached hydrogens (tertiary/aromatic N) is 2. The van der Waals surface area contributed by atoms with Gasteiger partial charge in [-0.1, -0.05) is 6.92 Å². The number of hydrogen-bond acceptors (Lipinski definition) is 4. The highest BCUT2D eigenvalue weighted by molar-refractivity contribution is 5.23. The highest BCUT2D eigenvalue weighted by Crippen LogP contribution is 2.24. The van der Waals surface area contributed by atoms with E-state index < -0.39 is 0 Å². The van der Waals surface area contributed by atoms with Crippen molar-refractivity contribution in [1.29, 1.82) is 0 Å². The van der Waals surface area contributed by atoms with E-state index in [1.807, 2.05) is 12.3 Å². The van der Waals surface area contributed by atoms with E-state index in [1.165, 1.54) is 18.4 Å². The summed E-state index contributed by atoms with van der Waals surface area (Å²) in [5, 5.41) is 3.48. The minimum absolute atomic E-state index is 0.342. The molecule has 0 bridgehead atoms. The number of ether oxygens (including phenoxy) is 1. The summed E-state index contributed by atoms with van der Waals surface area (Å²) in [5.41, 5.74) is 1.24. The maximum atomic E-state index is 5.77. The van der Waals surface area contributed by atoms with Gasteiger partial charge in [-0.2, -0.15) is 0 Å². The number of aromatic nitrogens is 1. The molecule has 1 fully saturated rings. The van der Waals surface area contributed by atoms with E-state index in [-0.39, 0.29) is 0 Å². The maximum absolute atomic E-state index is 5.77. The van der Waals surface area contributed by atoms with E-state index in [0.717, 1.165) is 31.4 Å². The fourth-order valence-corrected chi connectivity index (χ4v) is 2.24. The summed E-state index contributed by atoms with van der Waals surface area (Å²) in [7, 11) is 2.17. The van der Waals surface area contributed by atoms with Gasteiger partial charge in [-0.3, -0.25) is 0 Å². The van der Waals surface area contributed by atoms with E-state index in [2.05, 4.69) is 42.2 Å². The molecule has 1 unspecified atom stereocenters. The van der Waals surface area contributed by atoms with Crippen molar-refractivity contribution in [3.8, 4) is 5.88 Å². The monoisotopic (exact) mass is 277 g/mol. The Morgan fingerprint density at radius 3 is 3.00 bits per heavy atom. The zero-order chi connectivity index (χ0) is 14.4. The largest absolute Gasteiger partial charge is 0.476 e. The fraction of sp³-hybridized carbons (Fsp3) is 0.688. The molecule has 0 aromatic carbocycles. The number of likely N-dealkylation sites (N-methyl/N-ethyl adjacent to an activating group) is 1. The first-order chi connectivity index (χ1) is 9.70. The molecule has 0 spiro atoms. The standard InChI is InChI=1S/C16H27N3O/c1-4-8-17-13(2)14-7-9-18-16(12-14)20-11-10-19(3)15-5-6-15/h7,9,12-13,15,17H,4-6,8,10-11H2,1-3H3. The van der Waals surface area contributed by atoms with Crippen LogP contribution in [0.15, 0.2) is 18.3 Å². The molecule has 4 heteroatoms. The summed E-state index contributed by atoms with van der Waals surface area (Å²) in [4.78, 5) is 6.66. The lowest BCUT2D eigenvalue weighted by atomic mass is 10.1. The third kappa shape index (κ3) is 4.76. The summed E-state index contributed by atoms with van der Waals surface area (Å²) in [6.07, 6.45) is 5.65. The third-order valence-corrected chi connectivity index (χ3v) is 3.82. The van der Waals surface area contributed by atoms with Crippen LogP contribution in [0, 0.1) is 0 Å². The average molecular weight is 277 g/mol. The van der Waals surface area contributed by atoms with Gasteiger partial charge >= 0.3 is 0 Å². The Balaban J connectivity index is 1.79. The molecule has 1 aliphatic carbocycles. The molecule has 1 saturated carbocycles. The third-order valence-electron chi connectivity index (χ3n) is 3.82. The van der Waals surface area contributed by atoms with Crippen LogP contribution in [0.2, 0.25) is 0 Å². The lowest BCUT2D eigenvalue weighted by Gasteiger charge is -2.17. The molecule has 0 saturated heterocycles. The van der Waals surface area contributed by atoms with Crippen LogP contribution in [0.3, 0.4) is 0 Å². The lowest BCUT2D eigenvalue weighted by molar-refractivity contribution is 0.226. The smallest absolute Gasteiger partial charge is 0.213 e. The molecule has 112 valence electrons. The highest BCUT2D eigenvalue weighted by Gasteiger charge is 2.25. The van der Waals surface area contributed by atoms with Gasteiger partial charge < -0.3 is 15.0 Å². The molecule has 4 nitrogen and oxygen atoms in total. The van der Waals surface area contributed by atoms with Crippen LogP contribution in [-0.4, -0.2) is 42.7 Å². The van der Waals surface area contributed by atoms with Crippen molar-refractivity contribution in [2.45, 2.75) is 45.2 Å². The predicted molar refractivity (Wildman–Crippen MR) is 82.1 cm³/mol. The summed E-state index contributed by atoms with van der Waals surface area (Å²) in [5.74, 6) is 0.733. The number of pyridine rings is 1. The van der Waals surface area contributed by atoms with Crippen LogP contribution in [0.25, 0.3) is 0 Å². The van der Waals surface area contributed by atoms with Crippen molar-refractivity contribution in [2.24, 2.45) is 0 Å². The van der Waals surface area contributed by atoms with Crippen LogP contribution in [0.5, 0.6) is 5.88 Å². The van der Waals surface area contributed by atoms with Gasteiger partial charge in [-0.15, -0.1) is 0 Å². The molecular formula is C16H27N3O. The van der Waals surface area contributed by atoms with Crippen molar-refractivity contribution in [3.05, 3.63) is 23.9 Å². The van der Waals surface area contributed by atoms with E-state index in [4.69, 9.17) is 4.74 Å². The highest BCUT2D eigenvalue weighted by atomic mass is 16.5. The Morgan fingerprint density at radius 1 is 1.50 bits per heavy atom. The summed E-state index contributed by atoms with van der Waals surface area (Å²) >= 11 is 0. The Kier molecular flexibility index (Phi) is 5.80. The van der Waals surface area contributed by atoms with Crippen LogP contribution in [0.4, 0.5) is 0 Å². The van der Waals surface area contributed by atoms with Gasteiger partial charge in [0.2, 0.25) is 5.88 Å². The van der Waals surface area contributed by atoms with Gasteiger partial charge in [0.05, 0.1) is 0 Å².